The van der Waals surface area contributed by atoms with Crippen LogP contribution in [0.2, 0.25) is 0 Å². The molecule has 0 N–H and O–H groups in total. The molecule has 3 heterocycles. The van der Waals surface area contributed by atoms with Crippen molar-refractivity contribution in [2.75, 3.05) is 0 Å². The van der Waals surface area contributed by atoms with Gasteiger partial charge in [0.05, 0.1) is 22.4 Å². The van der Waals surface area contributed by atoms with E-state index in [1.54, 1.807) is 0 Å². The van der Waals surface area contributed by atoms with E-state index in [2.05, 4.69) is 205 Å². The predicted molar refractivity (Wildman–Crippen MR) is 303 cm³/mol. The summed E-state index contributed by atoms with van der Waals surface area (Å²) in [4.78, 5) is 25.5. The van der Waals surface area contributed by atoms with Gasteiger partial charge in [0.1, 0.15) is 0 Å². The number of fused-ring (bicyclic) bond motifs is 3. The Balaban J connectivity index is 0.771. The van der Waals surface area contributed by atoms with Crippen LogP contribution < -0.4 is 0 Å². The van der Waals surface area contributed by atoms with Gasteiger partial charge in [-0.15, -0.1) is 0 Å². The Morgan fingerprint density at radius 2 is 0.600 bits per heavy atom. The predicted octanol–water partition coefficient (Wildman–Crippen LogP) is 16.4. The fraction of sp³-hybridized carbons (Fsp3) is 0.0290. The summed E-state index contributed by atoms with van der Waals surface area (Å²) in [5, 5.41) is 2.49. The summed E-state index contributed by atoms with van der Waals surface area (Å²) in [6.07, 6.45) is 0. The quantitative estimate of drug-likeness (QED) is 0.152. The Morgan fingerprint density at radius 1 is 0.240 bits per heavy atom. The molecule has 0 saturated carbocycles. The zero-order chi connectivity index (χ0) is 49.4. The highest BCUT2D eigenvalue weighted by Gasteiger charge is 2.41. The van der Waals surface area contributed by atoms with Crippen LogP contribution in [0.3, 0.4) is 0 Å². The second-order valence-electron chi connectivity index (χ2n) is 19.5. The molecule has 16 rings (SSSR count). The zero-order valence-electron chi connectivity index (χ0n) is 40.6. The van der Waals surface area contributed by atoms with Crippen LogP contribution in [0, 0.1) is 0 Å². The largest absolute Gasteiger partial charge is 0.309 e. The highest BCUT2D eigenvalue weighted by Crippen LogP contribution is 2.56. The highest BCUT2D eigenvalue weighted by atomic mass is 15.0. The molecular formula is C69H44N6. The molecule has 2 unspecified atom stereocenters. The highest BCUT2D eigenvalue weighted by molar-refractivity contribution is 6.09. The number of rotatable bonds is 8. The van der Waals surface area contributed by atoms with Crippen LogP contribution >= 0.6 is 0 Å². The lowest BCUT2D eigenvalue weighted by Gasteiger charge is -2.42. The lowest BCUT2D eigenvalue weighted by molar-refractivity contribution is 0.755. The molecule has 0 radical (unpaired) electrons. The molecule has 3 aliphatic carbocycles. The van der Waals surface area contributed by atoms with Crippen LogP contribution in [-0.4, -0.2) is 29.5 Å². The van der Waals surface area contributed by atoms with Gasteiger partial charge in [0.2, 0.25) is 0 Å². The molecule has 75 heavy (non-hydrogen) atoms. The van der Waals surface area contributed by atoms with Crippen LogP contribution in [0.15, 0.2) is 255 Å². The van der Waals surface area contributed by atoms with E-state index in [-0.39, 0.29) is 11.8 Å². The first-order valence-electron chi connectivity index (χ1n) is 25.5. The number of nitrogens with zero attached hydrogens (tertiary/aromatic N) is 6. The van der Waals surface area contributed by atoms with Gasteiger partial charge in [0, 0.05) is 61.7 Å². The maximum Gasteiger partial charge on any atom is 0.164 e. The number of para-hydroxylation sites is 2. The number of hydrogen-bond acceptors (Lipinski definition) is 5. The Bertz CT molecular complexity index is 4230. The Kier molecular flexibility index (Phi) is 9.91. The first-order valence-corrected chi connectivity index (χ1v) is 25.5. The molecule has 10 aromatic carbocycles. The van der Waals surface area contributed by atoms with Crippen LogP contribution in [0.4, 0.5) is 0 Å². The minimum absolute atomic E-state index is 0.0761. The van der Waals surface area contributed by atoms with Crippen molar-refractivity contribution in [3.8, 4) is 84.9 Å². The van der Waals surface area contributed by atoms with E-state index in [1.807, 2.05) is 54.6 Å². The monoisotopic (exact) mass is 956 g/mol. The fourth-order valence-electron chi connectivity index (χ4n) is 11.7. The van der Waals surface area contributed by atoms with Gasteiger partial charge in [-0.3, -0.25) is 0 Å². The normalized spacial score (nSPS) is 14.1. The van der Waals surface area contributed by atoms with E-state index in [0.29, 0.717) is 23.3 Å². The number of hydrogen-bond donors (Lipinski definition) is 0. The van der Waals surface area contributed by atoms with Crippen molar-refractivity contribution in [3.05, 3.63) is 288 Å². The lowest BCUT2D eigenvalue weighted by Crippen LogP contribution is -2.27. The average molecular weight is 957 g/mol. The Labute approximate surface area is 434 Å². The molecule has 6 nitrogen and oxygen atoms in total. The van der Waals surface area contributed by atoms with Gasteiger partial charge in [0.25, 0.3) is 0 Å². The van der Waals surface area contributed by atoms with Crippen molar-refractivity contribution >= 4 is 21.8 Å². The summed E-state index contributed by atoms with van der Waals surface area (Å²) in [6.45, 7) is 0. The first-order chi connectivity index (χ1) is 37.2. The van der Waals surface area contributed by atoms with Crippen molar-refractivity contribution in [2.45, 2.75) is 11.8 Å². The second-order valence-corrected chi connectivity index (χ2v) is 19.5. The lowest BCUT2D eigenvalue weighted by atomic mass is 9.60. The van der Waals surface area contributed by atoms with Gasteiger partial charge in [-0.2, -0.15) is 0 Å². The summed E-state index contributed by atoms with van der Waals surface area (Å²) in [5.41, 5.74) is 21.6. The molecule has 350 valence electrons. The average Bonchev–Trinajstić information content (AvgIpc) is 3.84. The maximum atomic E-state index is 5.19. The van der Waals surface area contributed by atoms with E-state index in [1.165, 1.54) is 60.8 Å². The Morgan fingerprint density at radius 3 is 1.11 bits per heavy atom. The molecule has 2 bridgehead atoms. The summed E-state index contributed by atoms with van der Waals surface area (Å²) in [5.74, 6) is 2.84. The van der Waals surface area contributed by atoms with E-state index < -0.39 is 0 Å². The molecule has 0 saturated heterocycles. The van der Waals surface area contributed by atoms with Gasteiger partial charge in [-0.25, -0.2) is 24.9 Å². The zero-order valence-corrected chi connectivity index (χ0v) is 40.6. The minimum Gasteiger partial charge on any atom is -0.309 e. The number of aromatic nitrogens is 6. The molecular weight excluding hydrogens is 913 g/mol. The molecule has 6 heteroatoms. The van der Waals surface area contributed by atoms with Gasteiger partial charge < -0.3 is 4.57 Å². The van der Waals surface area contributed by atoms with E-state index in [4.69, 9.17) is 24.9 Å². The summed E-state index contributed by atoms with van der Waals surface area (Å²) in [7, 11) is 0. The summed E-state index contributed by atoms with van der Waals surface area (Å²) >= 11 is 0. The summed E-state index contributed by atoms with van der Waals surface area (Å²) in [6, 6.07) is 90.6. The third-order valence-electron chi connectivity index (χ3n) is 15.3. The van der Waals surface area contributed by atoms with Crippen LogP contribution in [0.25, 0.3) is 107 Å². The van der Waals surface area contributed by atoms with E-state index >= 15 is 0 Å². The minimum atomic E-state index is 0.0761. The molecule has 0 spiro atoms. The number of benzene rings is 10. The Hall–Kier alpha value is -9.91. The third-order valence-corrected chi connectivity index (χ3v) is 15.3. The van der Waals surface area contributed by atoms with Crippen molar-refractivity contribution in [1.82, 2.24) is 29.5 Å². The van der Waals surface area contributed by atoms with E-state index in [0.717, 1.165) is 56.0 Å². The van der Waals surface area contributed by atoms with Gasteiger partial charge in [0.15, 0.2) is 23.3 Å². The van der Waals surface area contributed by atoms with Gasteiger partial charge in [-0.1, -0.05) is 212 Å². The second kappa shape index (κ2) is 17.4. The smallest absolute Gasteiger partial charge is 0.164 e. The maximum absolute atomic E-state index is 5.19. The van der Waals surface area contributed by atoms with Gasteiger partial charge in [-0.05, 0) is 87.0 Å². The molecule has 0 aliphatic heterocycles. The van der Waals surface area contributed by atoms with Crippen LogP contribution in [-0.2, 0) is 0 Å². The molecule has 3 aliphatic rings. The molecule has 3 aromatic heterocycles. The molecule has 13 aromatic rings. The van der Waals surface area contributed by atoms with Crippen LogP contribution in [0.5, 0.6) is 0 Å². The van der Waals surface area contributed by atoms with Crippen molar-refractivity contribution in [3.63, 3.8) is 0 Å². The fourth-order valence-corrected chi connectivity index (χ4v) is 11.7. The molecule has 2 atom stereocenters. The van der Waals surface area contributed by atoms with Crippen molar-refractivity contribution in [2.24, 2.45) is 0 Å². The standard InChI is InChI=1S/C69H44N6/c1-4-16-46(17-5-1)66-70-60(42-61(71-66)45-32-36-51(37-33-45)75-62-26-14-12-22-52(62)53-23-13-15-27-63(53)75)44-30-28-43(29-31-44)49-34-38-56-58(40-49)64-54-24-10-11-25-55(54)65(56)59-41-50(35-39-57(59)64)69-73-67(47-18-6-2-7-19-47)72-68(74-69)48-20-8-3-9-21-48/h1-42,64-65H. The molecule has 0 amide bonds. The molecule has 0 fully saturated rings. The van der Waals surface area contributed by atoms with Crippen molar-refractivity contribution < 1.29 is 0 Å². The van der Waals surface area contributed by atoms with E-state index in [9.17, 15) is 0 Å². The SMILES string of the molecule is c1ccc(-c2nc(-c3ccc(-c4ccc5c(c4)C4c6ccccc6C5c5cc(-c6nc(-c7ccccc7)nc(-c7ccccc7)n6)ccc54)cc3)cc(-c3ccc(-n4c5ccccc5c5ccccc54)cc3)n2)cc1. The third kappa shape index (κ3) is 7.21. The first kappa shape index (κ1) is 42.7. The summed E-state index contributed by atoms with van der Waals surface area (Å²) < 4.78 is 2.35. The topological polar surface area (TPSA) is 69.4 Å². The van der Waals surface area contributed by atoms with Crippen LogP contribution in [0.1, 0.15) is 45.2 Å². The van der Waals surface area contributed by atoms with Crippen molar-refractivity contribution in [1.29, 1.82) is 0 Å². The van der Waals surface area contributed by atoms with Gasteiger partial charge >= 0.3 is 0 Å².